The lowest BCUT2D eigenvalue weighted by atomic mass is 9.98. The molecule has 1 aliphatic carbocycles. The van der Waals surface area contributed by atoms with Crippen molar-refractivity contribution in [3.63, 3.8) is 0 Å². The van der Waals surface area contributed by atoms with Crippen LogP contribution in [0, 0.1) is 0 Å². The SMILES string of the molecule is O=C1CCCCCCCCCCC1=CCl. The zero-order valence-electron chi connectivity index (χ0n) is 9.43. The van der Waals surface area contributed by atoms with Gasteiger partial charge in [-0.15, -0.1) is 0 Å². The zero-order chi connectivity index (χ0) is 10.9. The molecular formula is C13H21ClO. The van der Waals surface area contributed by atoms with Crippen LogP contribution in [0.4, 0.5) is 0 Å². The fourth-order valence-electron chi connectivity index (χ4n) is 2.08. The molecule has 1 fully saturated rings. The van der Waals surface area contributed by atoms with Gasteiger partial charge in [-0.2, -0.15) is 0 Å². The van der Waals surface area contributed by atoms with Gasteiger partial charge >= 0.3 is 0 Å². The third-order valence-electron chi connectivity index (χ3n) is 3.09. The Morgan fingerprint density at radius 2 is 1.27 bits per heavy atom. The summed E-state index contributed by atoms with van der Waals surface area (Å²) in [6, 6.07) is 0. The van der Waals surface area contributed by atoms with Crippen LogP contribution in [0.25, 0.3) is 0 Å². The summed E-state index contributed by atoms with van der Waals surface area (Å²) in [6.07, 6.45) is 11.4. The Morgan fingerprint density at radius 1 is 0.800 bits per heavy atom. The Labute approximate surface area is 97.9 Å². The van der Waals surface area contributed by atoms with Gasteiger partial charge in [0.05, 0.1) is 0 Å². The van der Waals surface area contributed by atoms with Crippen molar-refractivity contribution < 1.29 is 4.79 Å². The lowest BCUT2D eigenvalue weighted by Gasteiger charge is -2.08. The summed E-state index contributed by atoms with van der Waals surface area (Å²) in [6.45, 7) is 0. The van der Waals surface area contributed by atoms with Gasteiger partial charge < -0.3 is 0 Å². The highest BCUT2D eigenvalue weighted by Gasteiger charge is 2.09. The van der Waals surface area contributed by atoms with Crippen molar-refractivity contribution in [2.75, 3.05) is 0 Å². The van der Waals surface area contributed by atoms with Crippen molar-refractivity contribution in [3.8, 4) is 0 Å². The van der Waals surface area contributed by atoms with E-state index in [9.17, 15) is 4.79 Å². The average Bonchev–Trinajstić information content (AvgIpc) is 2.23. The lowest BCUT2D eigenvalue weighted by molar-refractivity contribution is -0.115. The molecule has 0 heterocycles. The van der Waals surface area contributed by atoms with E-state index in [1.807, 2.05) is 0 Å². The first kappa shape index (κ1) is 12.8. The van der Waals surface area contributed by atoms with Crippen molar-refractivity contribution in [2.24, 2.45) is 0 Å². The monoisotopic (exact) mass is 228 g/mol. The molecule has 86 valence electrons. The van der Waals surface area contributed by atoms with Crippen molar-refractivity contribution in [3.05, 3.63) is 11.1 Å². The minimum absolute atomic E-state index is 0.269. The Hall–Kier alpha value is -0.300. The molecule has 0 unspecified atom stereocenters. The fraction of sp³-hybridized carbons (Fsp3) is 0.769. The van der Waals surface area contributed by atoms with Gasteiger partial charge in [0, 0.05) is 17.5 Å². The molecule has 1 rings (SSSR count). The third-order valence-corrected chi connectivity index (χ3v) is 3.35. The van der Waals surface area contributed by atoms with Crippen LogP contribution in [-0.4, -0.2) is 5.78 Å². The summed E-state index contributed by atoms with van der Waals surface area (Å²) < 4.78 is 0. The highest BCUT2D eigenvalue weighted by Crippen LogP contribution is 2.18. The van der Waals surface area contributed by atoms with Crippen LogP contribution in [0.5, 0.6) is 0 Å². The molecule has 1 saturated carbocycles. The summed E-state index contributed by atoms with van der Waals surface area (Å²) >= 11 is 5.69. The maximum atomic E-state index is 11.7. The molecule has 0 spiro atoms. The van der Waals surface area contributed by atoms with Gasteiger partial charge in [-0.25, -0.2) is 0 Å². The van der Waals surface area contributed by atoms with Gasteiger partial charge in [-0.3, -0.25) is 4.79 Å². The number of allylic oxidation sites excluding steroid dienone is 1. The molecule has 0 aliphatic heterocycles. The van der Waals surface area contributed by atoms with E-state index in [1.54, 1.807) is 0 Å². The van der Waals surface area contributed by atoms with Gasteiger partial charge in [0.2, 0.25) is 0 Å². The van der Waals surface area contributed by atoms with Gasteiger partial charge in [-0.1, -0.05) is 50.1 Å². The minimum Gasteiger partial charge on any atom is -0.295 e. The first-order chi connectivity index (χ1) is 7.34. The van der Waals surface area contributed by atoms with E-state index in [2.05, 4.69) is 0 Å². The minimum atomic E-state index is 0.269. The summed E-state index contributed by atoms with van der Waals surface area (Å²) in [5.74, 6) is 0.269. The van der Waals surface area contributed by atoms with Gasteiger partial charge in [0.15, 0.2) is 5.78 Å². The van der Waals surface area contributed by atoms with Crippen LogP contribution in [0.3, 0.4) is 0 Å². The number of hydrogen-bond acceptors (Lipinski definition) is 1. The molecule has 0 radical (unpaired) electrons. The Morgan fingerprint density at radius 3 is 1.80 bits per heavy atom. The van der Waals surface area contributed by atoms with E-state index in [0.29, 0.717) is 6.42 Å². The van der Waals surface area contributed by atoms with E-state index in [-0.39, 0.29) is 5.78 Å². The second-order valence-corrected chi connectivity index (χ2v) is 4.60. The third kappa shape index (κ3) is 5.36. The Balaban J connectivity index is 2.41. The largest absolute Gasteiger partial charge is 0.295 e. The molecule has 0 aromatic rings. The molecule has 0 aromatic heterocycles. The number of carbonyl (C=O) groups excluding carboxylic acids is 1. The number of ketones is 1. The smallest absolute Gasteiger partial charge is 0.159 e. The zero-order valence-corrected chi connectivity index (χ0v) is 10.2. The molecule has 0 saturated heterocycles. The van der Waals surface area contributed by atoms with E-state index in [1.165, 1.54) is 44.1 Å². The van der Waals surface area contributed by atoms with E-state index in [4.69, 9.17) is 11.6 Å². The molecule has 0 atom stereocenters. The van der Waals surface area contributed by atoms with Gasteiger partial charge in [-0.05, 0) is 19.3 Å². The summed E-state index contributed by atoms with van der Waals surface area (Å²) in [4.78, 5) is 11.7. The fourth-order valence-corrected chi connectivity index (χ4v) is 2.31. The Kier molecular flexibility index (Phi) is 6.74. The number of hydrogen-bond donors (Lipinski definition) is 0. The van der Waals surface area contributed by atoms with Crippen molar-refractivity contribution in [1.29, 1.82) is 0 Å². The summed E-state index contributed by atoms with van der Waals surface area (Å²) in [5.41, 5.74) is 2.34. The molecule has 0 amide bonds. The van der Waals surface area contributed by atoms with Gasteiger partial charge in [0.25, 0.3) is 0 Å². The standard InChI is InChI=1S/C13H21ClO/c14-11-12-9-7-5-3-1-2-4-6-8-10-13(12)15/h11H,1-10H2. The van der Waals surface area contributed by atoms with Crippen LogP contribution in [0.15, 0.2) is 11.1 Å². The van der Waals surface area contributed by atoms with E-state index < -0.39 is 0 Å². The average molecular weight is 229 g/mol. The molecule has 0 aromatic carbocycles. The van der Waals surface area contributed by atoms with Crippen LogP contribution in [-0.2, 0) is 4.79 Å². The summed E-state index contributed by atoms with van der Waals surface area (Å²) in [7, 11) is 0. The number of carbonyl (C=O) groups is 1. The normalized spacial score (nSPS) is 24.6. The highest BCUT2D eigenvalue weighted by atomic mass is 35.5. The number of Topliss-reactive ketones (excluding diaryl/α,β-unsaturated/α-hetero) is 1. The van der Waals surface area contributed by atoms with E-state index >= 15 is 0 Å². The maximum absolute atomic E-state index is 11.7. The molecule has 0 N–H and O–H groups in total. The van der Waals surface area contributed by atoms with E-state index in [0.717, 1.165) is 24.8 Å². The number of halogens is 1. The van der Waals surface area contributed by atoms with Crippen LogP contribution in [0.2, 0.25) is 0 Å². The number of rotatable bonds is 0. The predicted molar refractivity (Wildman–Crippen MR) is 65.1 cm³/mol. The van der Waals surface area contributed by atoms with Crippen molar-refractivity contribution in [2.45, 2.75) is 64.2 Å². The quantitative estimate of drug-likeness (QED) is 0.554. The molecular weight excluding hydrogens is 208 g/mol. The molecule has 2 heteroatoms. The lowest BCUT2D eigenvalue weighted by Crippen LogP contribution is -2.03. The second-order valence-electron chi connectivity index (χ2n) is 4.39. The molecule has 1 nitrogen and oxygen atoms in total. The molecule has 15 heavy (non-hydrogen) atoms. The predicted octanol–water partition coefficient (Wildman–Crippen LogP) is 4.59. The van der Waals surface area contributed by atoms with Crippen LogP contribution >= 0.6 is 11.6 Å². The van der Waals surface area contributed by atoms with Crippen molar-refractivity contribution in [1.82, 2.24) is 0 Å². The topological polar surface area (TPSA) is 17.1 Å². The second kappa shape index (κ2) is 7.92. The highest BCUT2D eigenvalue weighted by molar-refractivity contribution is 6.27. The van der Waals surface area contributed by atoms with Crippen molar-refractivity contribution >= 4 is 17.4 Å². The van der Waals surface area contributed by atoms with Crippen LogP contribution < -0.4 is 0 Å². The van der Waals surface area contributed by atoms with Crippen LogP contribution in [0.1, 0.15) is 64.2 Å². The van der Waals surface area contributed by atoms with Gasteiger partial charge in [0.1, 0.15) is 0 Å². The summed E-state index contributed by atoms with van der Waals surface area (Å²) in [5, 5.41) is 0. The molecule has 1 aliphatic rings. The maximum Gasteiger partial charge on any atom is 0.159 e. The molecule has 0 bridgehead atoms. The first-order valence-electron chi connectivity index (χ1n) is 6.17. The first-order valence-corrected chi connectivity index (χ1v) is 6.60. The Bertz CT molecular complexity index is 221.